The van der Waals surface area contributed by atoms with Crippen molar-refractivity contribution in [1.29, 1.82) is 0 Å². The summed E-state index contributed by atoms with van der Waals surface area (Å²) in [5, 5.41) is 9.74. The van der Waals surface area contributed by atoms with Crippen LogP contribution in [0.5, 0.6) is 5.75 Å². The summed E-state index contributed by atoms with van der Waals surface area (Å²) in [6.45, 7) is 2.64. The van der Waals surface area contributed by atoms with Crippen molar-refractivity contribution >= 4 is 10.9 Å². The Bertz CT molecular complexity index is 1150. The van der Waals surface area contributed by atoms with Gasteiger partial charge in [0.1, 0.15) is 5.75 Å². The minimum absolute atomic E-state index is 0.129. The number of nitrogens with zero attached hydrogens (tertiary/aromatic N) is 1. The van der Waals surface area contributed by atoms with Gasteiger partial charge in [-0.2, -0.15) is 0 Å². The normalized spacial score (nSPS) is 11.2. The zero-order chi connectivity index (χ0) is 20.4. The summed E-state index contributed by atoms with van der Waals surface area (Å²) >= 11 is 0. The van der Waals surface area contributed by atoms with E-state index in [1.165, 1.54) is 0 Å². The van der Waals surface area contributed by atoms with Crippen LogP contribution in [0.2, 0.25) is 0 Å². The summed E-state index contributed by atoms with van der Waals surface area (Å²) < 4.78 is 23.2. The van der Waals surface area contributed by atoms with E-state index in [0.717, 1.165) is 27.8 Å². The molecule has 0 aliphatic heterocycles. The molecular formula is C25H24FNO2. The van der Waals surface area contributed by atoms with Gasteiger partial charge < -0.3 is 14.4 Å². The first-order valence-electron chi connectivity index (χ1n) is 9.72. The van der Waals surface area contributed by atoms with Gasteiger partial charge in [-0.1, -0.05) is 48.0 Å². The first-order valence-corrected chi connectivity index (χ1v) is 9.72. The SMILES string of the molecule is COc1ccccc1-c1c(F)c2cc(C)ccc2n1Cc1ccc(CCO)cc1. The Balaban J connectivity index is 1.89. The van der Waals surface area contributed by atoms with E-state index in [0.29, 0.717) is 29.8 Å². The van der Waals surface area contributed by atoms with E-state index in [1.807, 2.05) is 78.2 Å². The molecule has 4 rings (SSSR count). The number of aliphatic hydroxyl groups excluding tert-OH is 1. The summed E-state index contributed by atoms with van der Waals surface area (Å²) in [7, 11) is 1.60. The highest BCUT2D eigenvalue weighted by atomic mass is 19.1. The molecule has 4 aromatic rings. The van der Waals surface area contributed by atoms with Crippen LogP contribution in [-0.4, -0.2) is 23.4 Å². The number of halogens is 1. The van der Waals surface area contributed by atoms with Gasteiger partial charge in [0, 0.05) is 24.1 Å². The topological polar surface area (TPSA) is 34.4 Å². The molecule has 1 N–H and O–H groups in total. The Morgan fingerprint density at radius 3 is 2.41 bits per heavy atom. The third-order valence-corrected chi connectivity index (χ3v) is 5.28. The van der Waals surface area contributed by atoms with Crippen molar-refractivity contribution in [1.82, 2.24) is 4.57 Å². The van der Waals surface area contributed by atoms with Crippen molar-refractivity contribution in [2.24, 2.45) is 0 Å². The molecule has 0 saturated heterocycles. The fourth-order valence-corrected chi connectivity index (χ4v) is 3.82. The fourth-order valence-electron chi connectivity index (χ4n) is 3.82. The van der Waals surface area contributed by atoms with E-state index < -0.39 is 0 Å². The number of rotatable bonds is 6. The molecule has 0 spiro atoms. The Labute approximate surface area is 170 Å². The second kappa shape index (κ2) is 8.10. The first kappa shape index (κ1) is 19.2. The van der Waals surface area contributed by atoms with Crippen molar-refractivity contribution < 1.29 is 14.2 Å². The number of hydrogen-bond acceptors (Lipinski definition) is 2. The molecule has 0 bridgehead atoms. The number of aromatic nitrogens is 1. The largest absolute Gasteiger partial charge is 0.496 e. The number of para-hydroxylation sites is 1. The first-order chi connectivity index (χ1) is 14.1. The molecule has 0 aliphatic rings. The van der Waals surface area contributed by atoms with Gasteiger partial charge in [0.2, 0.25) is 0 Å². The number of fused-ring (bicyclic) bond motifs is 1. The third kappa shape index (κ3) is 3.64. The van der Waals surface area contributed by atoms with Gasteiger partial charge in [-0.25, -0.2) is 4.39 Å². The van der Waals surface area contributed by atoms with Crippen molar-refractivity contribution in [3.05, 3.63) is 89.2 Å². The standard InChI is InChI=1S/C25H24FNO2/c1-17-7-12-22-21(15-17)24(26)25(20-5-3-4-6-23(20)29-2)27(22)16-19-10-8-18(9-11-19)13-14-28/h3-12,15,28H,13-14,16H2,1-2H3. The van der Waals surface area contributed by atoms with Gasteiger partial charge in [-0.15, -0.1) is 0 Å². The Hall–Kier alpha value is -3.11. The zero-order valence-corrected chi connectivity index (χ0v) is 16.7. The van der Waals surface area contributed by atoms with Crippen LogP contribution < -0.4 is 4.74 Å². The predicted octanol–water partition coefficient (Wildman–Crippen LogP) is 5.35. The van der Waals surface area contributed by atoms with Crippen LogP contribution >= 0.6 is 0 Å². The maximum atomic E-state index is 15.6. The number of hydrogen-bond donors (Lipinski definition) is 1. The van der Waals surface area contributed by atoms with Crippen molar-refractivity contribution in [3.8, 4) is 17.0 Å². The molecule has 3 aromatic carbocycles. The lowest BCUT2D eigenvalue weighted by Gasteiger charge is -2.14. The molecule has 3 nitrogen and oxygen atoms in total. The average molecular weight is 389 g/mol. The van der Waals surface area contributed by atoms with E-state index in [1.54, 1.807) is 7.11 Å². The Morgan fingerprint density at radius 2 is 1.69 bits per heavy atom. The predicted molar refractivity (Wildman–Crippen MR) is 115 cm³/mol. The lowest BCUT2D eigenvalue weighted by molar-refractivity contribution is 0.299. The molecule has 0 atom stereocenters. The van der Waals surface area contributed by atoms with Crippen LogP contribution in [0.15, 0.2) is 66.7 Å². The summed E-state index contributed by atoms with van der Waals surface area (Å²) in [5.41, 5.74) is 5.29. The van der Waals surface area contributed by atoms with Gasteiger partial charge in [0.15, 0.2) is 5.82 Å². The van der Waals surface area contributed by atoms with Gasteiger partial charge in [0.05, 0.1) is 18.3 Å². The van der Waals surface area contributed by atoms with Crippen LogP contribution in [0.3, 0.4) is 0 Å². The Morgan fingerprint density at radius 1 is 0.966 bits per heavy atom. The summed E-state index contributed by atoms with van der Waals surface area (Å²) in [6.07, 6.45) is 0.632. The number of aliphatic hydroxyl groups is 1. The van der Waals surface area contributed by atoms with Gasteiger partial charge in [-0.3, -0.25) is 0 Å². The van der Waals surface area contributed by atoms with Crippen LogP contribution in [0.25, 0.3) is 22.2 Å². The lowest BCUT2D eigenvalue weighted by atomic mass is 10.1. The molecule has 0 aliphatic carbocycles. The van der Waals surface area contributed by atoms with Gasteiger partial charge in [-0.05, 0) is 48.7 Å². The molecule has 0 fully saturated rings. The minimum Gasteiger partial charge on any atom is -0.496 e. The molecule has 1 aromatic heterocycles. The van der Waals surface area contributed by atoms with Crippen LogP contribution in [0.4, 0.5) is 4.39 Å². The second-order valence-electron chi connectivity index (χ2n) is 7.26. The highest BCUT2D eigenvalue weighted by Crippen LogP contribution is 2.38. The van der Waals surface area contributed by atoms with Crippen molar-refractivity contribution in [2.75, 3.05) is 13.7 Å². The third-order valence-electron chi connectivity index (χ3n) is 5.28. The molecule has 148 valence electrons. The fraction of sp³-hybridized carbons (Fsp3) is 0.200. The van der Waals surface area contributed by atoms with Gasteiger partial charge >= 0.3 is 0 Å². The second-order valence-corrected chi connectivity index (χ2v) is 7.26. The van der Waals surface area contributed by atoms with Crippen molar-refractivity contribution in [2.45, 2.75) is 19.9 Å². The number of aryl methyl sites for hydroxylation is 1. The summed E-state index contributed by atoms with van der Waals surface area (Å²) in [5.74, 6) is 0.413. The monoisotopic (exact) mass is 389 g/mol. The van der Waals surface area contributed by atoms with E-state index in [2.05, 4.69) is 0 Å². The molecular weight excluding hydrogens is 365 g/mol. The van der Waals surface area contributed by atoms with E-state index in [9.17, 15) is 0 Å². The number of methoxy groups -OCH3 is 1. The zero-order valence-electron chi connectivity index (χ0n) is 16.7. The smallest absolute Gasteiger partial charge is 0.156 e. The average Bonchev–Trinajstić information content (AvgIpc) is 3.00. The quantitative estimate of drug-likeness (QED) is 0.482. The molecule has 0 radical (unpaired) electrons. The highest BCUT2D eigenvalue weighted by molar-refractivity contribution is 5.89. The maximum Gasteiger partial charge on any atom is 0.156 e. The molecule has 4 heteroatoms. The highest BCUT2D eigenvalue weighted by Gasteiger charge is 2.21. The molecule has 1 heterocycles. The van der Waals surface area contributed by atoms with Crippen molar-refractivity contribution in [3.63, 3.8) is 0 Å². The maximum absolute atomic E-state index is 15.6. The molecule has 0 unspecified atom stereocenters. The van der Waals surface area contributed by atoms with Crippen LogP contribution in [0, 0.1) is 12.7 Å². The Kier molecular flexibility index (Phi) is 5.36. The number of ether oxygens (including phenoxy) is 1. The van der Waals surface area contributed by atoms with Crippen LogP contribution in [0.1, 0.15) is 16.7 Å². The van der Waals surface area contributed by atoms with Gasteiger partial charge in [0.25, 0.3) is 0 Å². The molecule has 29 heavy (non-hydrogen) atoms. The van der Waals surface area contributed by atoms with E-state index in [-0.39, 0.29) is 12.4 Å². The minimum atomic E-state index is -0.231. The van der Waals surface area contributed by atoms with E-state index in [4.69, 9.17) is 9.84 Å². The lowest BCUT2D eigenvalue weighted by Crippen LogP contribution is -2.03. The number of benzene rings is 3. The molecule has 0 amide bonds. The van der Waals surface area contributed by atoms with Crippen LogP contribution in [-0.2, 0) is 13.0 Å². The summed E-state index contributed by atoms with van der Waals surface area (Å²) in [6, 6.07) is 21.5. The molecule has 0 saturated carbocycles. The van der Waals surface area contributed by atoms with E-state index >= 15 is 4.39 Å². The summed E-state index contributed by atoms with van der Waals surface area (Å²) in [4.78, 5) is 0.